The Morgan fingerprint density at radius 1 is 1.38 bits per heavy atom. The summed E-state index contributed by atoms with van der Waals surface area (Å²) in [5.74, 6) is -0.257. The van der Waals surface area contributed by atoms with E-state index in [9.17, 15) is 4.79 Å². The van der Waals surface area contributed by atoms with E-state index in [0.29, 0.717) is 5.69 Å². The monoisotopic (exact) mass is 333 g/mol. The van der Waals surface area contributed by atoms with E-state index in [1.165, 1.54) is 12.2 Å². The van der Waals surface area contributed by atoms with Crippen molar-refractivity contribution in [3.05, 3.63) is 29.5 Å². The lowest BCUT2D eigenvalue weighted by atomic mass is 10.1. The molecule has 1 aliphatic heterocycles. The number of aromatic nitrogens is 2. The zero-order valence-corrected chi connectivity index (χ0v) is 15.2. The van der Waals surface area contributed by atoms with Crippen molar-refractivity contribution in [2.24, 2.45) is 0 Å². The first-order valence-electron chi connectivity index (χ1n) is 8.54. The predicted octanol–water partition coefficient (Wildman–Crippen LogP) is 3.70. The van der Waals surface area contributed by atoms with Gasteiger partial charge < -0.3 is 4.74 Å². The van der Waals surface area contributed by atoms with E-state index in [1.54, 1.807) is 7.05 Å². The van der Waals surface area contributed by atoms with Crippen LogP contribution in [0.15, 0.2) is 18.2 Å². The quantitative estimate of drug-likeness (QED) is 0.804. The number of nitrogens with zero attached hydrogens (tertiary/aromatic N) is 3. The second-order valence-electron chi connectivity index (χ2n) is 5.62. The average molecular weight is 333 g/mol. The van der Waals surface area contributed by atoms with Gasteiger partial charge in [0.2, 0.25) is 0 Å². The van der Waals surface area contributed by atoms with Gasteiger partial charge >= 0.3 is 0 Å². The van der Waals surface area contributed by atoms with Gasteiger partial charge in [-0.25, -0.2) is 9.75 Å². The van der Waals surface area contributed by atoms with Crippen LogP contribution in [0.4, 0.5) is 0 Å². The molecule has 0 saturated carbocycles. The molecule has 1 atom stereocenters. The molecule has 3 rings (SSSR count). The molecule has 1 saturated heterocycles. The zero-order valence-electron chi connectivity index (χ0n) is 15.2. The molecule has 0 N–H and O–H groups in total. The Kier molecular flexibility index (Phi) is 6.34. The Morgan fingerprint density at radius 2 is 2.12 bits per heavy atom. The molecule has 1 aromatic heterocycles. The summed E-state index contributed by atoms with van der Waals surface area (Å²) in [6.45, 7) is 6.74. The summed E-state index contributed by atoms with van der Waals surface area (Å²) < 4.78 is 7.66. The highest BCUT2D eigenvalue weighted by atomic mass is 16.7. The van der Waals surface area contributed by atoms with Crippen LogP contribution in [0, 0.1) is 6.92 Å². The molecule has 2 aromatic rings. The molecular weight excluding hydrogens is 306 g/mol. The largest absolute Gasteiger partial charge is 0.356 e. The van der Waals surface area contributed by atoms with E-state index in [2.05, 4.69) is 5.10 Å². The fraction of sp³-hybridized carbons (Fsp3) is 0.556. The Labute approximate surface area is 143 Å². The average Bonchev–Trinajstić information content (AvgIpc) is 3.01. The number of fused-ring (bicyclic) bond motifs is 1. The van der Waals surface area contributed by atoms with Crippen molar-refractivity contribution in [1.29, 1.82) is 0 Å². The van der Waals surface area contributed by atoms with Crippen molar-refractivity contribution in [2.45, 2.75) is 46.3 Å². The van der Waals surface area contributed by atoms with Gasteiger partial charge in [-0.2, -0.15) is 5.10 Å². The number of carbonyl (C=O) groups excluding carboxylic acids is 1. The van der Waals surface area contributed by atoms with E-state index in [0.717, 1.165) is 42.3 Å². The van der Waals surface area contributed by atoms with Gasteiger partial charge in [0.15, 0.2) is 11.9 Å². The topological polar surface area (TPSA) is 56.6 Å². The molecule has 2 heterocycles. The maximum atomic E-state index is 12.5. The third kappa shape index (κ3) is 3.60. The fourth-order valence-electron chi connectivity index (χ4n) is 2.78. The van der Waals surface area contributed by atoms with Gasteiger partial charge in [-0.15, -0.1) is 0 Å². The first-order valence-corrected chi connectivity index (χ1v) is 8.54. The number of amides is 1. The SMILES string of the molecule is CC.CON(C)C(=O)c1nn(C2CCCCO2)c2ccc(C)cc12. The number of hydroxylamine groups is 2. The molecule has 6 heteroatoms. The lowest BCUT2D eigenvalue weighted by Gasteiger charge is -2.23. The summed E-state index contributed by atoms with van der Waals surface area (Å²) in [5, 5.41) is 6.57. The van der Waals surface area contributed by atoms with E-state index in [1.807, 2.05) is 43.7 Å². The van der Waals surface area contributed by atoms with Crippen molar-refractivity contribution < 1.29 is 14.4 Å². The smallest absolute Gasteiger partial charge is 0.298 e. The zero-order chi connectivity index (χ0) is 17.7. The molecule has 0 aliphatic carbocycles. The van der Waals surface area contributed by atoms with Gasteiger partial charge in [-0.3, -0.25) is 9.63 Å². The minimum Gasteiger partial charge on any atom is -0.356 e. The first kappa shape index (κ1) is 18.4. The minimum absolute atomic E-state index is 0.103. The van der Waals surface area contributed by atoms with Gasteiger partial charge in [-0.05, 0) is 38.3 Å². The van der Waals surface area contributed by atoms with Crippen LogP contribution in [0.1, 0.15) is 55.4 Å². The lowest BCUT2D eigenvalue weighted by Crippen LogP contribution is -2.26. The second-order valence-corrected chi connectivity index (χ2v) is 5.62. The van der Waals surface area contributed by atoms with E-state index < -0.39 is 0 Å². The number of benzene rings is 1. The van der Waals surface area contributed by atoms with Crippen LogP contribution in [0.25, 0.3) is 10.9 Å². The highest BCUT2D eigenvalue weighted by Crippen LogP contribution is 2.29. The molecule has 1 aliphatic rings. The molecular formula is C18H27N3O3. The van der Waals surface area contributed by atoms with Crippen molar-refractivity contribution in [3.8, 4) is 0 Å². The number of rotatable bonds is 3. The van der Waals surface area contributed by atoms with Crippen LogP contribution >= 0.6 is 0 Å². The van der Waals surface area contributed by atoms with Crippen LogP contribution in [0.3, 0.4) is 0 Å². The van der Waals surface area contributed by atoms with Crippen molar-refractivity contribution >= 4 is 16.8 Å². The number of aryl methyl sites for hydroxylation is 1. The molecule has 0 bridgehead atoms. The molecule has 24 heavy (non-hydrogen) atoms. The third-order valence-electron chi connectivity index (χ3n) is 4.05. The van der Waals surface area contributed by atoms with E-state index in [4.69, 9.17) is 9.57 Å². The molecule has 0 spiro atoms. The number of hydrogen-bond acceptors (Lipinski definition) is 4. The number of hydrogen-bond donors (Lipinski definition) is 0. The molecule has 1 amide bonds. The van der Waals surface area contributed by atoms with Crippen molar-refractivity contribution in [1.82, 2.24) is 14.8 Å². The normalized spacial score (nSPS) is 17.3. The second kappa shape index (κ2) is 8.26. The van der Waals surface area contributed by atoms with Gasteiger partial charge in [-0.1, -0.05) is 25.5 Å². The molecule has 6 nitrogen and oxygen atoms in total. The van der Waals surface area contributed by atoms with Gasteiger partial charge in [0.1, 0.15) is 0 Å². The fourth-order valence-corrected chi connectivity index (χ4v) is 2.78. The van der Waals surface area contributed by atoms with Gasteiger partial charge in [0.25, 0.3) is 5.91 Å². The van der Waals surface area contributed by atoms with Crippen LogP contribution in [0.2, 0.25) is 0 Å². The Balaban J connectivity index is 0.00000100. The minimum atomic E-state index is -0.257. The number of carbonyl (C=O) groups is 1. The van der Waals surface area contributed by atoms with E-state index in [-0.39, 0.29) is 12.1 Å². The lowest BCUT2D eigenvalue weighted by molar-refractivity contribution is -0.0762. The van der Waals surface area contributed by atoms with E-state index >= 15 is 0 Å². The molecule has 1 fully saturated rings. The van der Waals surface area contributed by atoms with Crippen LogP contribution in [-0.4, -0.2) is 41.5 Å². The van der Waals surface area contributed by atoms with Crippen molar-refractivity contribution in [2.75, 3.05) is 20.8 Å². The van der Waals surface area contributed by atoms with Gasteiger partial charge in [0, 0.05) is 19.0 Å². The highest BCUT2D eigenvalue weighted by Gasteiger charge is 2.25. The van der Waals surface area contributed by atoms with Crippen LogP contribution in [-0.2, 0) is 9.57 Å². The Hall–Kier alpha value is -1.92. The summed E-state index contributed by atoms with van der Waals surface area (Å²) in [4.78, 5) is 17.5. The summed E-state index contributed by atoms with van der Waals surface area (Å²) in [6, 6.07) is 6.01. The maximum Gasteiger partial charge on any atom is 0.298 e. The molecule has 1 aromatic carbocycles. The highest BCUT2D eigenvalue weighted by molar-refractivity contribution is 6.04. The van der Waals surface area contributed by atoms with Crippen LogP contribution in [0.5, 0.6) is 0 Å². The standard InChI is InChI=1S/C16H21N3O3.C2H6/c1-11-7-8-13-12(10-11)15(16(20)18(2)21-3)17-19(13)14-6-4-5-9-22-14;1-2/h7-8,10,14H,4-6,9H2,1-3H3;1-2H3. The summed E-state index contributed by atoms with van der Waals surface area (Å²) in [7, 11) is 3.05. The Morgan fingerprint density at radius 3 is 2.75 bits per heavy atom. The maximum absolute atomic E-state index is 12.5. The molecule has 0 radical (unpaired) electrons. The third-order valence-corrected chi connectivity index (χ3v) is 4.05. The number of ether oxygens (including phenoxy) is 1. The Bertz CT molecular complexity index is 690. The van der Waals surface area contributed by atoms with Crippen molar-refractivity contribution in [3.63, 3.8) is 0 Å². The molecule has 132 valence electrons. The summed E-state index contributed by atoms with van der Waals surface area (Å²) in [6.07, 6.45) is 3.00. The van der Waals surface area contributed by atoms with Crippen LogP contribution < -0.4 is 0 Å². The predicted molar refractivity (Wildman–Crippen MR) is 93.8 cm³/mol. The molecule has 1 unspecified atom stereocenters. The first-order chi connectivity index (χ1) is 11.6. The van der Waals surface area contributed by atoms with Gasteiger partial charge in [0.05, 0.1) is 12.6 Å². The summed E-state index contributed by atoms with van der Waals surface area (Å²) in [5.41, 5.74) is 2.41. The summed E-state index contributed by atoms with van der Waals surface area (Å²) >= 11 is 0.